The quantitative estimate of drug-likeness (QED) is 0.669. The predicted molar refractivity (Wildman–Crippen MR) is 52.2 cm³/mol. The van der Waals surface area contributed by atoms with Crippen LogP contribution < -0.4 is 0 Å². The van der Waals surface area contributed by atoms with Gasteiger partial charge in [0.25, 0.3) is 0 Å². The Kier molecular flexibility index (Phi) is 3.82. The highest BCUT2D eigenvalue weighted by atomic mass is 16.4. The van der Waals surface area contributed by atoms with Crippen molar-refractivity contribution in [3.63, 3.8) is 0 Å². The van der Waals surface area contributed by atoms with E-state index in [-0.39, 0.29) is 11.7 Å². The Hall–Kier alpha value is -1.39. The van der Waals surface area contributed by atoms with Crippen LogP contribution in [0.5, 0.6) is 0 Å². The van der Waals surface area contributed by atoms with E-state index in [1.807, 2.05) is 6.92 Å². The number of piperidine rings is 1. The highest BCUT2D eigenvalue weighted by molar-refractivity contribution is 6.31. The molecule has 0 aromatic heterocycles. The average molecular weight is 213 g/mol. The molecule has 0 saturated carbocycles. The maximum absolute atomic E-state index is 11.4. The van der Waals surface area contributed by atoms with E-state index in [1.165, 1.54) is 4.90 Å². The normalized spacial score (nSPS) is 17.5. The van der Waals surface area contributed by atoms with Crippen molar-refractivity contribution in [1.82, 2.24) is 4.90 Å². The van der Waals surface area contributed by atoms with Crippen LogP contribution in [0.2, 0.25) is 0 Å². The van der Waals surface area contributed by atoms with E-state index in [1.54, 1.807) is 0 Å². The fourth-order valence-corrected chi connectivity index (χ4v) is 1.83. The number of ketones is 1. The Labute approximate surface area is 88.1 Å². The van der Waals surface area contributed by atoms with Crippen LogP contribution >= 0.6 is 0 Å². The number of amides is 1. The molecule has 1 amide bonds. The largest absolute Gasteiger partial charge is 0.474 e. The molecule has 84 valence electrons. The fourth-order valence-electron chi connectivity index (χ4n) is 1.83. The highest BCUT2D eigenvalue weighted by Gasteiger charge is 2.28. The first kappa shape index (κ1) is 11.7. The Morgan fingerprint density at radius 2 is 1.80 bits per heavy atom. The van der Waals surface area contributed by atoms with Crippen LogP contribution in [-0.2, 0) is 14.4 Å². The van der Waals surface area contributed by atoms with E-state index < -0.39 is 11.9 Å². The van der Waals surface area contributed by atoms with Crippen molar-refractivity contribution < 1.29 is 19.5 Å². The van der Waals surface area contributed by atoms with E-state index in [4.69, 9.17) is 5.11 Å². The number of hydrogen-bond acceptors (Lipinski definition) is 3. The van der Waals surface area contributed by atoms with Crippen molar-refractivity contribution in [3.05, 3.63) is 0 Å². The van der Waals surface area contributed by atoms with Gasteiger partial charge in [0.1, 0.15) is 5.78 Å². The van der Waals surface area contributed by atoms with Gasteiger partial charge in [0.15, 0.2) is 0 Å². The van der Waals surface area contributed by atoms with Gasteiger partial charge in [-0.25, -0.2) is 4.79 Å². The molecule has 0 atom stereocenters. The van der Waals surface area contributed by atoms with Gasteiger partial charge in [-0.1, -0.05) is 6.92 Å². The van der Waals surface area contributed by atoms with Gasteiger partial charge < -0.3 is 10.0 Å². The molecule has 0 bridgehead atoms. The summed E-state index contributed by atoms with van der Waals surface area (Å²) in [5, 5.41) is 8.50. The molecule has 0 spiro atoms. The first-order valence-corrected chi connectivity index (χ1v) is 5.11. The summed E-state index contributed by atoms with van der Waals surface area (Å²) in [6.07, 6.45) is 1.69. The number of carbonyl (C=O) groups is 3. The number of carbonyl (C=O) groups excluding carboxylic acids is 2. The van der Waals surface area contributed by atoms with Crippen molar-refractivity contribution in [1.29, 1.82) is 0 Å². The second kappa shape index (κ2) is 4.91. The smallest absolute Gasteiger partial charge is 0.394 e. The van der Waals surface area contributed by atoms with Crippen LogP contribution in [0, 0.1) is 5.92 Å². The number of carboxylic acid groups (broad SMARTS) is 1. The van der Waals surface area contributed by atoms with E-state index in [0.717, 1.165) is 0 Å². The van der Waals surface area contributed by atoms with Crippen molar-refractivity contribution in [2.24, 2.45) is 5.92 Å². The zero-order chi connectivity index (χ0) is 11.4. The molecule has 15 heavy (non-hydrogen) atoms. The standard InChI is InChI=1S/C10H15NO4/c1-2-8(12)7-3-5-11(6-4-7)9(13)10(14)15/h7H,2-6H2,1H3,(H,14,15). The summed E-state index contributed by atoms with van der Waals surface area (Å²) >= 11 is 0. The molecule has 0 aromatic carbocycles. The molecule has 0 aliphatic carbocycles. The molecule has 1 fully saturated rings. The molecule has 0 unspecified atom stereocenters. The van der Waals surface area contributed by atoms with Gasteiger partial charge in [-0.3, -0.25) is 9.59 Å². The number of carboxylic acids is 1. The molecule has 0 radical (unpaired) electrons. The van der Waals surface area contributed by atoms with E-state index in [2.05, 4.69) is 0 Å². The highest BCUT2D eigenvalue weighted by Crippen LogP contribution is 2.19. The van der Waals surface area contributed by atoms with Crippen molar-refractivity contribution >= 4 is 17.7 Å². The van der Waals surface area contributed by atoms with Crippen LogP contribution in [0.25, 0.3) is 0 Å². The van der Waals surface area contributed by atoms with E-state index in [0.29, 0.717) is 32.4 Å². The van der Waals surface area contributed by atoms with Gasteiger partial charge >= 0.3 is 11.9 Å². The minimum atomic E-state index is -1.42. The minimum Gasteiger partial charge on any atom is -0.474 e. The monoisotopic (exact) mass is 213 g/mol. The first-order chi connectivity index (χ1) is 7.06. The lowest BCUT2D eigenvalue weighted by molar-refractivity contribution is -0.156. The van der Waals surface area contributed by atoms with Crippen molar-refractivity contribution in [2.75, 3.05) is 13.1 Å². The minimum absolute atomic E-state index is 0.00726. The van der Waals surface area contributed by atoms with Gasteiger partial charge in [0, 0.05) is 25.4 Å². The van der Waals surface area contributed by atoms with E-state index in [9.17, 15) is 14.4 Å². The predicted octanol–water partition coefficient (Wildman–Crippen LogP) is 0.289. The van der Waals surface area contributed by atoms with Crippen LogP contribution in [0.15, 0.2) is 0 Å². The molecular weight excluding hydrogens is 198 g/mol. The van der Waals surface area contributed by atoms with Gasteiger partial charge in [0.05, 0.1) is 0 Å². The lowest BCUT2D eigenvalue weighted by atomic mass is 9.91. The maximum Gasteiger partial charge on any atom is 0.394 e. The molecule has 1 heterocycles. The molecule has 1 aliphatic rings. The number of hydrogen-bond donors (Lipinski definition) is 1. The topological polar surface area (TPSA) is 74.7 Å². The van der Waals surface area contributed by atoms with E-state index >= 15 is 0 Å². The third-order valence-electron chi connectivity index (χ3n) is 2.77. The van der Waals surface area contributed by atoms with Gasteiger partial charge in [-0.2, -0.15) is 0 Å². The lowest BCUT2D eigenvalue weighted by Crippen LogP contribution is -2.43. The number of nitrogens with zero attached hydrogens (tertiary/aromatic N) is 1. The summed E-state index contributed by atoms with van der Waals surface area (Å²) in [7, 11) is 0. The zero-order valence-electron chi connectivity index (χ0n) is 8.73. The zero-order valence-corrected chi connectivity index (χ0v) is 8.73. The SMILES string of the molecule is CCC(=O)C1CCN(C(=O)C(=O)O)CC1. The second-order valence-electron chi connectivity index (χ2n) is 3.69. The van der Waals surface area contributed by atoms with Crippen molar-refractivity contribution in [3.8, 4) is 0 Å². The number of Topliss-reactive ketones (excluding diaryl/α,β-unsaturated/α-hetero) is 1. The van der Waals surface area contributed by atoms with Crippen LogP contribution in [-0.4, -0.2) is 40.8 Å². The molecule has 5 nitrogen and oxygen atoms in total. The summed E-state index contributed by atoms with van der Waals surface area (Å²) in [6, 6.07) is 0. The molecule has 1 rings (SSSR count). The third kappa shape index (κ3) is 2.78. The Balaban J connectivity index is 2.46. The average Bonchev–Trinajstić information content (AvgIpc) is 2.27. The number of likely N-dealkylation sites (tertiary alicyclic amines) is 1. The Morgan fingerprint density at radius 1 is 1.27 bits per heavy atom. The Morgan fingerprint density at radius 3 is 2.20 bits per heavy atom. The molecule has 1 N–H and O–H groups in total. The second-order valence-corrected chi connectivity index (χ2v) is 3.69. The summed E-state index contributed by atoms with van der Waals surface area (Å²) in [5.74, 6) is -2.07. The summed E-state index contributed by atoms with van der Waals surface area (Å²) in [4.78, 5) is 34.1. The molecule has 1 aliphatic heterocycles. The van der Waals surface area contributed by atoms with Gasteiger partial charge in [0.2, 0.25) is 0 Å². The summed E-state index contributed by atoms with van der Waals surface area (Å²) in [6.45, 7) is 2.57. The van der Waals surface area contributed by atoms with Crippen LogP contribution in [0.3, 0.4) is 0 Å². The molecule has 5 heteroatoms. The summed E-state index contributed by atoms with van der Waals surface area (Å²) in [5.41, 5.74) is 0. The molecule has 0 aromatic rings. The first-order valence-electron chi connectivity index (χ1n) is 5.11. The number of rotatable bonds is 2. The Bertz CT molecular complexity index is 279. The third-order valence-corrected chi connectivity index (χ3v) is 2.77. The van der Waals surface area contributed by atoms with Crippen molar-refractivity contribution in [2.45, 2.75) is 26.2 Å². The lowest BCUT2D eigenvalue weighted by Gasteiger charge is -2.29. The van der Waals surface area contributed by atoms with Gasteiger partial charge in [-0.05, 0) is 12.8 Å². The van der Waals surface area contributed by atoms with Crippen LogP contribution in [0.4, 0.5) is 0 Å². The van der Waals surface area contributed by atoms with Crippen LogP contribution in [0.1, 0.15) is 26.2 Å². The molecule has 1 saturated heterocycles. The van der Waals surface area contributed by atoms with Gasteiger partial charge in [-0.15, -0.1) is 0 Å². The molecular formula is C10H15NO4. The fraction of sp³-hybridized carbons (Fsp3) is 0.700. The summed E-state index contributed by atoms with van der Waals surface area (Å²) < 4.78 is 0. The maximum atomic E-state index is 11.4. The number of aliphatic carboxylic acids is 1.